The summed E-state index contributed by atoms with van der Waals surface area (Å²) in [4.78, 5) is 41.0. The van der Waals surface area contributed by atoms with Gasteiger partial charge in [0.25, 0.3) is 0 Å². The van der Waals surface area contributed by atoms with E-state index in [1.54, 1.807) is 17.0 Å². The predicted octanol–water partition coefficient (Wildman–Crippen LogP) is 3.55. The summed E-state index contributed by atoms with van der Waals surface area (Å²) in [5, 5.41) is 5.92. The van der Waals surface area contributed by atoms with E-state index in [1.807, 2.05) is 32.9 Å². The van der Waals surface area contributed by atoms with Crippen LogP contribution >= 0.6 is 0 Å². The van der Waals surface area contributed by atoms with Crippen LogP contribution in [0, 0.1) is 12.8 Å². The Morgan fingerprint density at radius 1 is 1.03 bits per heavy atom. The summed E-state index contributed by atoms with van der Waals surface area (Å²) in [6.45, 7) is 6.95. The number of carbonyl (C=O) groups excluding carboxylic acids is 3. The van der Waals surface area contributed by atoms with Gasteiger partial charge in [0, 0.05) is 35.7 Å². The second-order valence-electron chi connectivity index (χ2n) is 10.8. The Balaban J connectivity index is 1.67. The molecule has 1 saturated heterocycles. The number of anilines is 1. The molecule has 8 nitrogen and oxygen atoms in total. The van der Waals surface area contributed by atoms with Crippen molar-refractivity contribution in [3.05, 3.63) is 29.8 Å². The Labute approximate surface area is 223 Å². The molecule has 0 aromatic heterocycles. The van der Waals surface area contributed by atoms with E-state index in [2.05, 4.69) is 10.6 Å². The monoisotopic (exact) mass is 533 g/mol. The number of benzene rings is 1. The van der Waals surface area contributed by atoms with Crippen LogP contribution in [0.25, 0.3) is 0 Å². The van der Waals surface area contributed by atoms with Gasteiger partial charge < -0.3 is 20.3 Å². The summed E-state index contributed by atoms with van der Waals surface area (Å²) < 4.78 is 18.6. The zero-order valence-corrected chi connectivity index (χ0v) is 23.3. The number of hydrogen-bond acceptors (Lipinski definition) is 5. The van der Waals surface area contributed by atoms with E-state index < -0.39 is 22.7 Å². The predicted molar refractivity (Wildman–Crippen MR) is 147 cm³/mol. The van der Waals surface area contributed by atoms with E-state index >= 15 is 0 Å². The second-order valence-corrected chi connectivity index (χ2v) is 12.3. The van der Waals surface area contributed by atoms with Crippen molar-refractivity contribution >= 4 is 34.2 Å². The SMILES string of the molecule is Cc1ccc(NC(=O)CS(=O)CC(=O)N(CC2CCCO2)C(CC(C)C)C(=O)NC2CCCCC2)cc1. The van der Waals surface area contributed by atoms with Crippen molar-refractivity contribution in [1.29, 1.82) is 0 Å². The van der Waals surface area contributed by atoms with Crippen molar-refractivity contribution in [1.82, 2.24) is 10.2 Å². The molecule has 2 fully saturated rings. The third-order valence-corrected chi connectivity index (χ3v) is 8.13. The minimum Gasteiger partial charge on any atom is -0.376 e. The first-order valence-electron chi connectivity index (χ1n) is 13.6. The van der Waals surface area contributed by atoms with Gasteiger partial charge in [-0.05, 0) is 57.1 Å². The number of hydrogen-bond donors (Lipinski definition) is 2. The molecule has 3 amide bonds. The maximum atomic E-state index is 13.5. The van der Waals surface area contributed by atoms with Crippen LogP contribution in [0.1, 0.15) is 70.8 Å². The van der Waals surface area contributed by atoms with Gasteiger partial charge in [-0.3, -0.25) is 18.6 Å². The number of aryl methyl sites for hydroxylation is 1. The largest absolute Gasteiger partial charge is 0.376 e. The molecule has 1 aliphatic carbocycles. The van der Waals surface area contributed by atoms with Crippen molar-refractivity contribution < 1.29 is 23.3 Å². The summed E-state index contributed by atoms with van der Waals surface area (Å²) in [5.74, 6) is -1.33. The van der Waals surface area contributed by atoms with Gasteiger partial charge in [-0.1, -0.05) is 50.8 Å². The fourth-order valence-electron chi connectivity index (χ4n) is 5.03. The van der Waals surface area contributed by atoms with Crippen LogP contribution in [-0.4, -0.2) is 69.7 Å². The average Bonchev–Trinajstić information content (AvgIpc) is 3.36. The van der Waals surface area contributed by atoms with E-state index in [0.717, 1.165) is 44.1 Å². The first-order valence-corrected chi connectivity index (χ1v) is 15.1. The van der Waals surface area contributed by atoms with Crippen molar-refractivity contribution in [2.24, 2.45) is 5.92 Å². The molecule has 3 atom stereocenters. The fraction of sp³-hybridized carbons (Fsp3) is 0.679. The fourth-order valence-corrected chi connectivity index (χ4v) is 5.94. The minimum atomic E-state index is -1.71. The average molecular weight is 534 g/mol. The summed E-state index contributed by atoms with van der Waals surface area (Å²) in [6.07, 6.45) is 7.42. The number of amides is 3. The van der Waals surface area contributed by atoms with Crippen LogP contribution in [0.3, 0.4) is 0 Å². The van der Waals surface area contributed by atoms with Gasteiger partial charge in [-0.15, -0.1) is 0 Å². The molecule has 3 unspecified atom stereocenters. The van der Waals surface area contributed by atoms with Crippen molar-refractivity contribution in [2.75, 3.05) is 30.0 Å². The zero-order valence-electron chi connectivity index (χ0n) is 22.5. The van der Waals surface area contributed by atoms with Gasteiger partial charge >= 0.3 is 0 Å². The van der Waals surface area contributed by atoms with Gasteiger partial charge in [0.15, 0.2) is 0 Å². The maximum Gasteiger partial charge on any atom is 0.243 e. The first-order chi connectivity index (χ1) is 17.7. The highest BCUT2D eigenvalue weighted by Crippen LogP contribution is 2.21. The topological polar surface area (TPSA) is 105 Å². The number of nitrogens with zero attached hydrogens (tertiary/aromatic N) is 1. The van der Waals surface area contributed by atoms with Gasteiger partial charge in [-0.2, -0.15) is 0 Å². The Hall–Kier alpha value is -2.26. The highest BCUT2D eigenvalue weighted by atomic mass is 32.2. The van der Waals surface area contributed by atoms with E-state index in [4.69, 9.17) is 4.74 Å². The lowest BCUT2D eigenvalue weighted by molar-refractivity contribution is -0.141. The molecular weight excluding hydrogens is 490 g/mol. The molecule has 1 heterocycles. The molecule has 1 saturated carbocycles. The van der Waals surface area contributed by atoms with E-state index in [-0.39, 0.29) is 41.4 Å². The molecule has 206 valence electrons. The summed E-state index contributed by atoms with van der Waals surface area (Å²) in [7, 11) is -1.71. The molecule has 0 spiro atoms. The molecule has 1 aliphatic heterocycles. The standard InChI is InChI=1S/C28H43N3O5S/c1-20(2)16-25(28(34)30-22-8-5-4-6-9-22)31(17-24-10-7-15-36-24)27(33)19-37(35)18-26(32)29-23-13-11-21(3)12-14-23/h11-14,20,22,24-25H,4-10,15-19H2,1-3H3,(H,29,32)(H,30,34). The quantitative estimate of drug-likeness (QED) is 0.428. The Bertz CT molecular complexity index is 924. The molecular formula is C28H43N3O5S. The van der Waals surface area contributed by atoms with Crippen LogP contribution in [0.5, 0.6) is 0 Å². The Morgan fingerprint density at radius 3 is 2.35 bits per heavy atom. The lowest BCUT2D eigenvalue weighted by Crippen LogP contribution is -2.55. The zero-order chi connectivity index (χ0) is 26.8. The molecule has 2 aliphatic rings. The van der Waals surface area contributed by atoms with Crippen LogP contribution < -0.4 is 10.6 Å². The van der Waals surface area contributed by atoms with Crippen molar-refractivity contribution in [3.63, 3.8) is 0 Å². The third kappa shape index (κ3) is 9.85. The van der Waals surface area contributed by atoms with Gasteiger partial charge in [0.1, 0.15) is 17.5 Å². The van der Waals surface area contributed by atoms with Gasteiger partial charge in [-0.25, -0.2) is 0 Å². The minimum absolute atomic E-state index is 0.134. The highest BCUT2D eigenvalue weighted by Gasteiger charge is 2.35. The van der Waals surface area contributed by atoms with Crippen molar-refractivity contribution in [2.45, 2.75) is 90.3 Å². The number of nitrogens with one attached hydrogen (secondary N) is 2. The lowest BCUT2D eigenvalue weighted by Gasteiger charge is -2.35. The second kappa shape index (κ2) is 14.6. The number of carbonyl (C=O) groups is 3. The Kier molecular flexibility index (Phi) is 11.6. The smallest absolute Gasteiger partial charge is 0.243 e. The van der Waals surface area contributed by atoms with Crippen LogP contribution in [0.2, 0.25) is 0 Å². The number of ether oxygens (including phenoxy) is 1. The van der Waals surface area contributed by atoms with E-state index in [0.29, 0.717) is 25.3 Å². The van der Waals surface area contributed by atoms with Gasteiger partial charge in [0.05, 0.1) is 6.10 Å². The van der Waals surface area contributed by atoms with Crippen LogP contribution in [0.15, 0.2) is 24.3 Å². The summed E-state index contributed by atoms with van der Waals surface area (Å²) in [5.41, 5.74) is 1.69. The maximum absolute atomic E-state index is 13.5. The first kappa shape index (κ1) is 29.3. The van der Waals surface area contributed by atoms with Gasteiger partial charge in [0.2, 0.25) is 17.7 Å². The normalized spacial score (nSPS) is 19.8. The molecule has 3 rings (SSSR count). The lowest BCUT2D eigenvalue weighted by atomic mass is 9.94. The molecule has 0 bridgehead atoms. The van der Waals surface area contributed by atoms with E-state index in [1.165, 1.54) is 6.42 Å². The summed E-state index contributed by atoms with van der Waals surface area (Å²) in [6, 6.07) is 6.81. The summed E-state index contributed by atoms with van der Waals surface area (Å²) >= 11 is 0. The van der Waals surface area contributed by atoms with E-state index in [9.17, 15) is 18.6 Å². The van der Waals surface area contributed by atoms with Crippen molar-refractivity contribution in [3.8, 4) is 0 Å². The molecule has 1 aromatic carbocycles. The molecule has 2 N–H and O–H groups in total. The molecule has 1 aromatic rings. The van der Waals surface area contributed by atoms with Crippen LogP contribution in [-0.2, 0) is 29.9 Å². The molecule has 9 heteroatoms. The molecule has 37 heavy (non-hydrogen) atoms. The third-order valence-electron chi connectivity index (χ3n) is 6.98. The number of rotatable bonds is 12. The molecule has 0 radical (unpaired) electrons. The highest BCUT2D eigenvalue weighted by molar-refractivity contribution is 7.86. The Morgan fingerprint density at radius 2 is 1.73 bits per heavy atom. The van der Waals surface area contributed by atoms with Crippen LogP contribution in [0.4, 0.5) is 5.69 Å².